The van der Waals surface area contributed by atoms with E-state index < -0.39 is 12.2 Å². The molecule has 3 heterocycles. The fourth-order valence-electron chi connectivity index (χ4n) is 7.72. The SMILES string of the molecule is CC(C)(C)c1ccc2nc(CCC3CC(N(CC4CCC4)C[C@H]4C[C@@H](n5ccc6c(N)ncnc65)[C@H](O)[C@@H]4O)C3)[nH]c2c1. The van der Waals surface area contributed by atoms with Crippen LogP contribution in [0.25, 0.3) is 22.1 Å². The van der Waals surface area contributed by atoms with E-state index in [4.69, 9.17) is 10.7 Å². The van der Waals surface area contributed by atoms with Crippen LogP contribution in [0.1, 0.15) is 83.1 Å². The van der Waals surface area contributed by atoms with Crippen molar-refractivity contribution in [2.24, 2.45) is 17.8 Å². The maximum absolute atomic E-state index is 11.2. The number of benzene rings is 1. The van der Waals surface area contributed by atoms with Gasteiger partial charge in [-0.15, -0.1) is 0 Å². The zero-order valence-electron chi connectivity index (χ0n) is 25.8. The number of aliphatic hydroxyl groups excluding tert-OH is 2. The Kier molecular flexibility index (Phi) is 7.46. The van der Waals surface area contributed by atoms with Gasteiger partial charge in [-0.1, -0.05) is 33.3 Å². The highest BCUT2D eigenvalue weighted by Gasteiger charge is 2.45. The zero-order chi connectivity index (χ0) is 29.9. The average molecular weight is 586 g/mol. The zero-order valence-corrected chi connectivity index (χ0v) is 25.8. The minimum atomic E-state index is -0.834. The van der Waals surface area contributed by atoms with Crippen molar-refractivity contribution >= 4 is 27.9 Å². The number of hydrogen-bond donors (Lipinski definition) is 4. The number of nitrogen functional groups attached to an aromatic ring is 1. The quantitative estimate of drug-likeness (QED) is 0.218. The van der Waals surface area contributed by atoms with E-state index in [0.29, 0.717) is 17.8 Å². The number of imidazole rings is 1. The third kappa shape index (κ3) is 5.56. The molecule has 4 atom stereocenters. The molecule has 230 valence electrons. The number of H-pyrrole nitrogens is 1. The standard InChI is InChI=1S/C34H47N7O2/c1-34(2,3)23-8-9-26-27(16-23)39-29(38-26)10-7-21-13-24(14-21)40(17-20-5-4-6-20)18-22-15-28(31(43)30(22)42)41-12-11-25-32(35)36-19-37-33(25)41/h8-9,11-12,16,19-22,24,28,30-31,42-43H,4-7,10,13-15,17-18H2,1-3H3,(H,38,39)(H2,35,36,37)/t21?,22-,24?,28-,30-,31+/m1/s1. The molecule has 3 aliphatic rings. The molecule has 3 saturated carbocycles. The van der Waals surface area contributed by atoms with Crippen LogP contribution in [-0.4, -0.2) is 71.0 Å². The first-order valence-corrected chi connectivity index (χ1v) is 16.3. The van der Waals surface area contributed by atoms with Crippen LogP contribution in [0.3, 0.4) is 0 Å². The van der Waals surface area contributed by atoms with Gasteiger partial charge in [0.1, 0.15) is 29.7 Å². The van der Waals surface area contributed by atoms with Gasteiger partial charge in [0.25, 0.3) is 0 Å². The summed E-state index contributed by atoms with van der Waals surface area (Å²) < 4.78 is 1.99. The Balaban J connectivity index is 0.980. The van der Waals surface area contributed by atoms with Gasteiger partial charge in [0.2, 0.25) is 0 Å². The van der Waals surface area contributed by atoms with Gasteiger partial charge in [-0.2, -0.15) is 0 Å². The lowest BCUT2D eigenvalue weighted by Gasteiger charge is -2.46. The average Bonchev–Trinajstić information content (AvgIpc) is 3.61. The number of anilines is 1. The molecule has 0 amide bonds. The number of aromatic nitrogens is 5. The van der Waals surface area contributed by atoms with Crippen molar-refractivity contribution in [3.05, 3.63) is 48.2 Å². The number of aromatic amines is 1. The van der Waals surface area contributed by atoms with E-state index in [1.54, 1.807) is 0 Å². The van der Waals surface area contributed by atoms with Crippen molar-refractivity contribution < 1.29 is 10.2 Å². The van der Waals surface area contributed by atoms with E-state index in [1.165, 1.54) is 44.0 Å². The van der Waals surface area contributed by atoms with Gasteiger partial charge in [0, 0.05) is 37.7 Å². The number of nitrogens with zero attached hydrogens (tertiary/aromatic N) is 5. The van der Waals surface area contributed by atoms with Crippen LogP contribution in [0.2, 0.25) is 0 Å². The topological polar surface area (TPSA) is 129 Å². The molecular weight excluding hydrogens is 538 g/mol. The van der Waals surface area contributed by atoms with Crippen LogP contribution in [-0.2, 0) is 11.8 Å². The fraction of sp³-hybridized carbons (Fsp3) is 0.618. The maximum Gasteiger partial charge on any atom is 0.145 e. The van der Waals surface area contributed by atoms with Gasteiger partial charge >= 0.3 is 0 Å². The summed E-state index contributed by atoms with van der Waals surface area (Å²) in [5.41, 5.74) is 10.4. The van der Waals surface area contributed by atoms with Crippen LogP contribution in [0, 0.1) is 17.8 Å². The largest absolute Gasteiger partial charge is 0.390 e. The highest BCUT2D eigenvalue weighted by molar-refractivity contribution is 5.86. The summed E-state index contributed by atoms with van der Waals surface area (Å²) in [6.45, 7) is 8.68. The molecule has 0 spiro atoms. The second-order valence-electron chi connectivity index (χ2n) is 14.7. The molecule has 0 aliphatic heterocycles. The van der Waals surface area contributed by atoms with Crippen LogP contribution in [0.15, 0.2) is 36.8 Å². The Labute approximate surface area is 253 Å². The smallest absolute Gasteiger partial charge is 0.145 e. The second-order valence-corrected chi connectivity index (χ2v) is 14.7. The molecule has 43 heavy (non-hydrogen) atoms. The van der Waals surface area contributed by atoms with Crippen molar-refractivity contribution in [1.29, 1.82) is 0 Å². The summed E-state index contributed by atoms with van der Waals surface area (Å²) in [7, 11) is 0. The van der Waals surface area contributed by atoms with E-state index in [-0.39, 0.29) is 17.4 Å². The molecule has 1 aromatic carbocycles. The molecule has 9 nitrogen and oxygen atoms in total. The first-order chi connectivity index (χ1) is 20.6. The van der Waals surface area contributed by atoms with Gasteiger partial charge in [-0.3, -0.25) is 4.90 Å². The molecule has 4 aromatic rings. The van der Waals surface area contributed by atoms with Gasteiger partial charge in [0.05, 0.1) is 28.6 Å². The van der Waals surface area contributed by atoms with Crippen molar-refractivity contribution in [1.82, 2.24) is 29.4 Å². The lowest BCUT2D eigenvalue weighted by molar-refractivity contribution is -0.0169. The number of nitrogens with one attached hydrogen (secondary N) is 1. The Hall–Kier alpha value is -3.01. The molecule has 0 radical (unpaired) electrons. The van der Waals surface area contributed by atoms with Crippen LogP contribution in [0.5, 0.6) is 0 Å². The molecule has 3 aliphatic carbocycles. The van der Waals surface area contributed by atoms with Crippen molar-refractivity contribution in [2.75, 3.05) is 18.8 Å². The minimum Gasteiger partial charge on any atom is -0.390 e. The number of aryl methyl sites for hydroxylation is 1. The lowest BCUT2D eigenvalue weighted by atomic mass is 9.75. The lowest BCUT2D eigenvalue weighted by Crippen LogP contribution is -2.50. The second kappa shape index (κ2) is 11.2. The molecule has 0 unspecified atom stereocenters. The van der Waals surface area contributed by atoms with Crippen LogP contribution < -0.4 is 5.73 Å². The van der Waals surface area contributed by atoms with Gasteiger partial charge < -0.3 is 25.5 Å². The van der Waals surface area contributed by atoms with Crippen molar-refractivity contribution in [3.8, 4) is 0 Å². The Morgan fingerprint density at radius 1 is 1.02 bits per heavy atom. The summed E-state index contributed by atoms with van der Waals surface area (Å²) >= 11 is 0. The van der Waals surface area contributed by atoms with E-state index in [2.05, 4.69) is 58.8 Å². The normalized spacial score (nSPS) is 28.1. The highest BCUT2D eigenvalue weighted by Crippen LogP contribution is 2.42. The van der Waals surface area contributed by atoms with Gasteiger partial charge in [0.15, 0.2) is 0 Å². The summed E-state index contributed by atoms with van der Waals surface area (Å²) in [5, 5.41) is 23.1. The van der Waals surface area contributed by atoms with E-state index >= 15 is 0 Å². The third-order valence-electron chi connectivity index (χ3n) is 10.8. The number of fused-ring (bicyclic) bond motifs is 2. The van der Waals surface area contributed by atoms with Gasteiger partial charge in [-0.25, -0.2) is 15.0 Å². The number of nitrogens with two attached hydrogens (primary N) is 1. The third-order valence-corrected chi connectivity index (χ3v) is 10.8. The molecule has 0 bridgehead atoms. The first kappa shape index (κ1) is 28.7. The Morgan fingerprint density at radius 2 is 1.84 bits per heavy atom. The van der Waals surface area contributed by atoms with E-state index in [9.17, 15) is 10.2 Å². The molecule has 5 N–H and O–H groups in total. The maximum atomic E-state index is 11.2. The van der Waals surface area contributed by atoms with Crippen LogP contribution in [0.4, 0.5) is 5.82 Å². The molecule has 3 aromatic heterocycles. The minimum absolute atomic E-state index is 0.0179. The molecule has 7 rings (SSSR count). The predicted molar refractivity (Wildman–Crippen MR) is 170 cm³/mol. The molecule has 0 saturated heterocycles. The summed E-state index contributed by atoms with van der Waals surface area (Å²) in [6.07, 6.45) is 11.0. The van der Waals surface area contributed by atoms with E-state index in [0.717, 1.165) is 66.2 Å². The Bertz CT molecular complexity index is 1580. The molecular formula is C34H47N7O2. The molecule has 3 fully saturated rings. The highest BCUT2D eigenvalue weighted by atomic mass is 16.3. The summed E-state index contributed by atoms with van der Waals surface area (Å²) in [6, 6.07) is 8.84. The van der Waals surface area contributed by atoms with Crippen molar-refractivity contribution in [2.45, 2.75) is 102 Å². The first-order valence-electron chi connectivity index (χ1n) is 16.3. The number of aliphatic hydroxyl groups is 2. The van der Waals surface area contributed by atoms with Crippen LogP contribution >= 0.6 is 0 Å². The summed E-state index contributed by atoms with van der Waals surface area (Å²) in [5.74, 6) is 3.02. The Morgan fingerprint density at radius 3 is 2.58 bits per heavy atom. The van der Waals surface area contributed by atoms with E-state index in [1.807, 2.05) is 16.8 Å². The number of rotatable bonds is 9. The number of hydrogen-bond acceptors (Lipinski definition) is 7. The predicted octanol–water partition coefficient (Wildman–Crippen LogP) is 4.98. The van der Waals surface area contributed by atoms with Crippen molar-refractivity contribution in [3.63, 3.8) is 0 Å². The van der Waals surface area contributed by atoms with Gasteiger partial charge in [-0.05, 0) is 79.5 Å². The fourth-order valence-corrected chi connectivity index (χ4v) is 7.72. The summed E-state index contributed by atoms with van der Waals surface area (Å²) in [4.78, 5) is 19.7. The monoisotopic (exact) mass is 585 g/mol. The molecule has 9 heteroatoms.